The van der Waals surface area contributed by atoms with E-state index in [0.29, 0.717) is 0 Å². The third-order valence-electron chi connectivity index (χ3n) is 1.44. The number of nitrogens with one attached hydrogen (secondary N) is 1. The van der Waals surface area contributed by atoms with E-state index in [4.69, 9.17) is 11.6 Å². The number of nitrogens with zero attached hydrogens (tertiary/aromatic N) is 1. The summed E-state index contributed by atoms with van der Waals surface area (Å²) in [5.41, 5.74) is 0. The molecule has 1 N–H and O–H groups in total. The molecule has 1 aromatic rings. The molecule has 80 valence electrons. The molecule has 15 heavy (non-hydrogen) atoms. The maximum absolute atomic E-state index is 11.3. The standard InChI is InChI=1S/C8H7ClN2O4/c1-5(9)4-10-8(12)6-2-3-7(15-6)11(13)14/h2-3H,1,4H2,(H,10,12). The minimum Gasteiger partial charge on any atom is -0.395 e. The van der Waals surface area contributed by atoms with Crippen LogP contribution in [-0.4, -0.2) is 17.4 Å². The number of furan rings is 1. The number of carbonyl (C=O) groups excluding carboxylic acids is 1. The largest absolute Gasteiger partial charge is 0.433 e. The molecule has 0 bridgehead atoms. The lowest BCUT2D eigenvalue weighted by atomic mass is 10.4. The lowest BCUT2D eigenvalue weighted by Crippen LogP contribution is -2.23. The Bertz CT molecular complexity index is 413. The molecular weight excluding hydrogens is 224 g/mol. The van der Waals surface area contributed by atoms with Gasteiger partial charge in [-0.05, 0) is 6.07 Å². The van der Waals surface area contributed by atoms with E-state index >= 15 is 0 Å². The second-order valence-corrected chi connectivity index (χ2v) is 3.13. The number of hydrogen-bond donors (Lipinski definition) is 1. The van der Waals surface area contributed by atoms with Crippen LogP contribution in [0.25, 0.3) is 0 Å². The number of hydrogen-bond acceptors (Lipinski definition) is 4. The molecule has 0 atom stereocenters. The summed E-state index contributed by atoms with van der Waals surface area (Å²) >= 11 is 5.42. The second-order valence-electron chi connectivity index (χ2n) is 2.59. The van der Waals surface area contributed by atoms with Gasteiger partial charge in [0.1, 0.15) is 4.92 Å². The van der Waals surface area contributed by atoms with Crippen LogP contribution in [0.3, 0.4) is 0 Å². The van der Waals surface area contributed by atoms with Crippen molar-refractivity contribution in [3.8, 4) is 0 Å². The van der Waals surface area contributed by atoms with Gasteiger partial charge in [-0.2, -0.15) is 0 Å². The fourth-order valence-corrected chi connectivity index (χ4v) is 0.878. The van der Waals surface area contributed by atoms with E-state index < -0.39 is 16.7 Å². The van der Waals surface area contributed by atoms with Crippen molar-refractivity contribution in [1.82, 2.24) is 5.32 Å². The summed E-state index contributed by atoms with van der Waals surface area (Å²) in [5, 5.41) is 12.9. The van der Waals surface area contributed by atoms with Crippen LogP contribution >= 0.6 is 11.6 Å². The molecule has 7 heteroatoms. The first-order chi connectivity index (χ1) is 7.00. The molecule has 1 heterocycles. The molecular formula is C8H7ClN2O4. The van der Waals surface area contributed by atoms with Gasteiger partial charge in [0.25, 0.3) is 5.91 Å². The quantitative estimate of drug-likeness (QED) is 0.630. The Balaban J connectivity index is 2.66. The highest BCUT2D eigenvalue weighted by molar-refractivity contribution is 6.29. The van der Waals surface area contributed by atoms with Gasteiger partial charge in [-0.3, -0.25) is 14.9 Å². The van der Waals surface area contributed by atoms with Crippen molar-refractivity contribution in [3.05, 3.63) is 39.6 Å². The summed E-state index contributed by atoms with van der Waals surface area (Å²) in [6.07, 6.45) is 0. The predicted molar refractivity (Wildman–Crippen MR) is 52.7 cm³/mol. The van der Waals surface area contributed by atoms with E-state index in [2.05, 4.69) is 16.3 Å². The van der Waals surface area contributed by atoms with Crippen LogP contribution in [0.15, 0.2) is 28.2 Å². The minimum absolute atomic E-state index is 0.0783. The summed E-state index contributed by atoms with van der Waals surface area (Å²) in [6, 6.07) is 2.31. The van der Waals surface area contributed by atoms with E-state index in [9.17, 15) is 14.9 Å². The second kappa shape index (κ2) is 4.61. The van der Waals surface area contributed by atoms with E-state index in [1.807, 2.05) is 0 Å². The van der Waals surface area contributed by atoms with Crippen LogP contribution in [0.5, 0.6) is 0 Å². The first-order valence-corrected chi connectivity index (χ1v) is 4.24. The summed E-state index contributed by atoms with van der Waals surface area (Å²) in [5.74, 6) is -1.20. The Labute approximate surface area is 89.7 Å². The number of halogens is 1. The molecule has 0 aromatic carbocycles. The van der Waals surface area contributed by atoms with Crippen LogP contribution in [0.2, 0.25) is 0 Å². The highest BCUT2D eigenvalue weighted by Gasteiger charge is 2.16. The Kier molecular flexibility index (Phi) is 3.46. The lowest BCUT2D eigenvalue weighted by Gasteiger charge is -1.99. The molecule has 0 radical (unpaired) electrons. The molecule has 0 spiro atoms. The highest BCUT2D eigenvalue weighted by atomic mass is 35.5. The molecule has 0 saturated carbocycles. The van der Waals surface area contributed by atoms with E-state index in [-0.39, 0.29) is 17.3 Å². The van der Waals surface area contributed by atoms with Gasteiger partial charge in [0.15, 0.2) is 5.76 Å². The Morgan fingerprint density at radius 2 is 2.33 bits per heavy atom. The molecule has 0 aliphatic rings. The van der Waals surface area contributed by atoms with Gasteiger partial charge in [0, 0.05) is 5.03 Å². The third-order valence-corrected chi connectivity index (χ3v) is 1.57. The number of amides is 1. The van der Waals surface area contributed by atoms with Crippen molar-refractivity contribution in [1.29, 1.82) is 0 Å². The Morgan fingerprint density at radius 3 is 2.80 bits per heavy atom. The average molecular weight is 231 g/mol. The smallest absolute Gasteiger partial charge is 0.395 e. The van der Waals surface area contributed by atoms with Gasteiger partial charge < -0.3 is 9.73 Å². The SMILES string of the molecule is C=C(Cl)CNC(=O)c1ccc([N+](=O)[O-])o1. The summed E-state index contributed by atoms with van der Waals surface area (Å²) in [6.45, 7) is 3.44. The van der Waals surface area contributed by atoms with Gasteiger partial charge >= 0.3 is 5.88 Å². The zero-order valence-electron chi connectivity index (χ0n) is 7.53. The van der Waals surface area contributed by atoms with Gasteiger partial charge in [-0.25, -0.2) is 0 Å². The van der Waals surface area contributed by atoms with Crippen LogP contribution in [-0.2, 0) is 0 Å². The number of rotatable bonds is 4. The molecule has 6 nitrogen and oxygen atoms in total. The van der Waals surface area contributed by atoms with Crippen molar-refractivity contribution in [2.24, 2.45) is 0 Å². The summed E-state index contributed by atoms with van der Waals surface area (Å²) in [4.78, 5) is 20.8. The highest BCUT2D eigenvalue weighted by Crippen LogP contribution is 2.15. The topological polar surface area (TPSA) is 85.4 Å². The van der Waals surface area contributed by atoms with Gasteiger partial charge in [-0.15, -0.1) is 0 Å². The molecule has 0 unspecified atom stereocenters. The van der Waals surface area contributed by atoms with E-state index in [1.165, 1.54) is 6.07 Å². The van der Waals surface area contributed by atoms with Crippen molar-refractivity contribution in [2.45, 2.75) is 0 Å². The number of nitro groups is 1. The molecule has 0 aliphatic heterocycles. The molecule has 1 aromatic heterocycles. The molecule has 0 fully saturated rings. The maximum Gasteiger partial charge on any atom is 0.433 e. The predicted octanol–water partition coefficient (Wildman–Crippen LogP) is 1.67. The first kappa shape index (κ1) is 11.3. The Hall–Kier alpha value is -1.82. The fraction of sp³-hybridized carbons (Fsp3) is 0.125. The van der Waals surface area contributed by atoms with Crippen molar-refractivity contribution >= 4 is 23.4 Å². The van der Waals surface area contributed by atoms with E-state index in [0.717, 1.165) is 6.07 Å². The lowest BCUT2D eigenvalue weighted by molar-refractivity contribution is -0.402. The summed E-state index contributed by atoms with van der Waals surface area (Å²) in [7, 11) is 0. The molecule has 0 saturated heterocycles. The van der Waals surface area contributed by atoms with E-state index in [1.54, 1.807) is 0 Å². The van der Waals surface area contributed by atoms with Crippen LogP contribution < -0.4 is 5.32 Å². The summed E-state index contributed by atoms with van der Waals surface area (Å²) < 4.78 is 4.66. The zero-order chi connectivity index (χ0) is 11.4. The zero-order valence-corrected chi connectivity index (χ0v) is 8.28. The third kappa shape index (κ3) is 3.10. The normalized spacial score (nSPS) is 9.67. The molecule has 0 aliphatic carbocycles. The van der Waals surface area contributed by atoms with Crippen molar-refractivity contribution in [3.63, 3.8) is 0 Å². The first-order valence-electron chi connectivity index (χ1n) is 3.86. The molecule has 1 rings (SSSR count). The van der Waals surface area contributed by atoms with Crippen molar-refractivity contribution < 1.29 is 14.1 Å². The molecule has 1 amide bonds. The van der Waals surface area contributed by atoms with Crippen LogP contribution in [0, 0.1) is 10.1 Å². The van der Waals surface area contributed by atoms with Gasteiger partial charge in [0.2, 0.25) is 0 Å². The van der Waals surface area contributed by atoms with Crippen LogP contribution in [0.4, 0.5) is 5.88 Å². The monoisotopic (exact) mass is 230 g/mol. The van der Waals surface area contributed by atoms with Gasteiger partial charge in [0.05, 0.1) is 12.6 Å². The van der Waals surface area contributed by atoms with Crippen LogP contribution in [0.1, 0.15) is 10.6 Å². The maximum atomic E-state index is 11.3. The van der Waals surface area contributed by atoms with Gasteiger partial charge in [-0.1, -0.05) is 18.2 Å². The number of carbonyl (C=O) groups is 1. The van der Waals surface area contributed by atoms with Crippen molar-refractivity contribution in [2.75, 3.05) is 6.54 Å². The minimum atomic E-state index is -0.725. The average Bonchev–Trinajstić information content (AvgIpc) is 2.62. The Morgan fingerprint density at radius 1 is 1.67 bits per heavy atom. The fourth-order valence-electron chi connectivity index (χ4n) is 0.811.